The van der Waals surface area contributed by atoms with Gasteiger partial charge in [-0.25, -0.2) is 0 Å². The number of amides is 3. The fourth-order valence-corrected chi connectivity index (χ4v) is 2.35. The highest BCUT2D eigenvalue weighted by Crippen LogP contribution is 2.21. The summed E-state index contributed by atoms with van der Waals surface area (Å²) in [5, 5.41) is 2.79. The number of benzene rings is 1. The number of carbonyl (C=O) groups is 3. The minimum atomic E-state index is -0.399. The van der Waals surface area contributed by atoms with Gasteiger partial charge in [0.05, 0.1) is 11.1 Å². The molecule has 2 rings (SSSR count). The van der Waals surface area contributed by atoms with Crippen molar-refractivity contribution in [1.29, 1.82) is 0 Å². The van der Waals surface area contributed by atoms with Crippen LogP contribution in [0.15, 0.2) is 24.3 Å². The van der Waals surface area contributed by atoms with Gasteiger partial charge >= 0.3 is 0 Å². The number of nitrogens with one attached hydrogen (secondary N) is 1. The van der Waals surface area contributed by atoms with E-state index in [-0.39, 0.29) is 18.5 Å². The maximum Gasteiger partial charge on any atom is 0.262 e. The van der Waals surface area contributed by atoms with E-state index in [1.165, 1.54) is 0 Å². The lowest BCUT2D eigenvalue weighted by molar-refractivity contribution is -0.122. The van der Waals surface area contributed by atoms with Crippen molar-refractivity contribution in [3.05, 3.63) is 35.4 Å². The van der Waals surface area contributed by atoms with Gasteiger partial charge in [0.1, 0.15) is 6.54 Å². The molecule has 106 valence electrons. The van der Waals surface area contributed by atoms with Crippen molar-refractivity contribution in [2.45, 2.75) is 32.7 Å². The first-order valence-corrected chi connectivity index (χ1v) is 6.79. The first-order chi connectivity index (χ1) is 9.54. The molecule has 0 aromatic heterocycles. The van der Waals surface area contributed by atoms with Crippen LogP contribution in [0.5, 0.6) is 0 Å². The number of hydrogen-bond acceptors (Lipinski definition) is 3. The first kappa shape index (κ1) is 14.2. The van der Waals surface area contributed by atoms with E-state index in [0.29, 0.717) is 11.1 Å². The Morgan fingerprint density at radius 1 is 1.20 bits per heavy atom. The standard InChI is InChI=1S/C15H18N2O3/c1-3-6-10(2)16-13(18)9-17-14(19)11-7-4-5-8-12(11)15(17)20/h4-5,7-8,10H,3,6,9H2,1-2H3,(H,16,18). The molecule has 0 bridgehead atoms. The van der Waals surface area contributed by atoms with Crippen molar-refractivity contribution in [1.82, 2.24) is 10.2 Å². The number of fused-ring (bicyclic) bond motifs is 1. The first-order valence-electron chi connectivity index (χ1n) is 6.79. The minimum Gasteiger partial charge on any atom is -0.352 e. The van der Waals surface area contributed by atoms with Crippen molar-refractivity contribution < 1.29 is 14.4 Å². The third-order valence-corrected chi connectivity index (χ3v) is 3.31. The second-order valence-corrected chi connectivity index (χ2v) is 5.00. The Morgan fingerprint density at radius 2 is 1.75 bits per heavy atom. The molecule has 1 aliphatic heterocycles. The molecule has 0 aliphatic carbocycles. The summed E-state index contributed by atoms with van der Waals surface area (Å²) in [4.78, 5) is 37.0. The molecule has 1 heterocycles. The van der Waals surface area contributed by atoms with Crippen molar-refractivity contribution in [2.75, 3.05) is 6.54 Å². The quantitative estimate of drug-likeness (QED) is 0.829. The molecule has 0 saturated carbocycles. The molecule has 1 aromatic carbocycles. The summed E-state index contributed by atoms with van der Waals surface area (Å²) >= 11 is 0. The lowest BCUT2D eigenvalue weighted by Gasteiger charge is -2.17. The number of imide groups is 1. The summed E-state index contributed by atoms with van der Waals surface area (Å²) in [5.74, 6) is -1.10. The van der Waals surface area contributed by atoms with Crippen molar-refractivity contribution in [2.24, 2.45) is 0 Å². The van der Waals surface area contributed by atoms with Crippen LogP contribution in [0.4, 0.5) is 0 Å². The molecule has 20 heavy (non-hydrogen) atoms. The number of nitrogens with zero attached hydrogens (tertiary/aromatic N) is 1. The average Bonchev–Trinajstić information content (AvgIpc) is 2.65. The molecule has 0 fully saturated rings. The summed E-state index contributed by atoms with van der Waals surface area (Å²) in [6.45, 7) is 3.72. The largest absolute Gasteiger partial charge is 0.352 e. The van der Waals surface area contributed by atoms with Crippen LogP contribution < -0.4 is 5.32 Å². The fraction of sp³-hybridized carbons (Fsp3) is 0.400. The van der Waals surface area contributed by atoms with Gasteiger partial charge in [0.2, 0.25) is 5.91 Å². The Hall–Kier alpha value is -2.17. The molecular weight excluding hydrogens is 256 g/mol. The second-order valence-electron chi connectivity index (χ2n) is 5.00. The van der Waals surface area contributed by atoms with E-state index in [1.807, 2.05) is 13.8 Å². The van der Waals surface area contributed by atoms with E-state index in [0.717, 1.165) is 17.7 Å². The van der Waals surface area contributed by atoms with E-state index in [1.54, 1.807) is 24.3 Å². The van der Waals surface area contributed by atoms with Gasteiger partial charge in [-0.3, -0.25) is 19.3 Å². The normalized spacial score (nSPS) is 15.2. The van der Waals surface area contributed by atoms with Crippen LogP contribution in [-0.2, 0) is 4.79 Å². The zero-order valence-corrected chi connectivity index (χ0v) is 11.7. The summed E-state index contributed by atoms with van der Waals surface area (Å²) < 4.78 is 0. The van der Waals surface area contributed by atoms with Crippen molar-refractivity contribution in [3.8, 4) is 0 Å². The fourth-order valence-electron chi connectivity index (χ4n) is 2.35. The maximum absolute atomic E-state index is 12.1. The minimum absolute atomic E-state index is 0.0442. The maximum atomic E-state index is 12.1. The van der Waals surface area contributed by atoms with Crippen LogP contribution >= 0.6 is 0 Å². The molecule has 5 nitrogen and oxygen atoms in total. The molecule has 1 aromatic rings. The van der Waals surface area contributed by atoms with Crippen LogP contribution in [0.3, 0.4) is 0 Å². The van der Waals surface area contributed by atoms with E-state index >= 15 is 0 Å². The van der Waals surface area contributed by atoms with Crippen LogP contribution in [-0.4, -0.2) is 35.2 Å². The Labute approximate surface area is 118 Å². The van der Waals surface area contributed by atoms with Crippen molar-refractivity contribution >= 4 is 17.7 Å². The molecular formula is C15H18N2O3. The van der Waals surface area contributed by atoms with Crippen LogP contribution in [0, 0.1) is 0 Å². The van der Waals surface area contributed by atoms with Gasteiger partial charge in [-0.05, 0) is 25.5 Å². The van der Waals surface area contributed by atoms with Gasteiger partial charge in [0, 0.05) is 6.04 Å². The predicted octanol–water partition coefficient (Wildman–Crippen LogP) is 1.59. The Morgan fingerprint density at radius 3 is 2.25 bits per heavy atom. The number of hydrogen-bond donors (Lipinski definition) is 1. The zero-order valence-electron chi connectivity index (χ0n) is 11.7. The summed E-state index contributed by atoms with van der Waals surface area (Å²) in [7, 11) is 0. The highest BCUT2D eigenvalue weighted by molar-refractivity contribution is 6.22. The third kappa shape index (κ3) is 2.71. The zero-order chi connectivity index (χ0) is 14.7. The molecule has 5 heteroatoms. The average molecular weight is 274 g/mol. The summed E-state index contributed by atoms with van der Waals surface area (Å²) in [6.07, 6.45) is 1.84. The molecule has 1 atom stereocenters. The molecule has 1 aliphatic rings. The van der Waals surface area contributed by atoms with Crippen LogP contribution in [0.1, 0.15) is 47.4 Å². The van der Waals surface area contributed by atoms with Gasteiger partial charge in [0.15, 0.2) is 0 Å². The molecule has 1 N–H and O–H groups in total. The third-order valence-electron chi connectivity index (χ3n) is 3.31. The monoisotopic (exact) mass is 274 g/mol. The molecule has 3 amide bonds. The summed E-state index contributed by atoms with van der Waals surface area (Å²) in [6, 6.07) is 6.66. The molecule has 0 radical (unpaired) electrons. The lowest BCUT2D eigenvalue weighted by Crippen LogP contribution is -2.43. The van der Waals surface area contributed by atoms with Crippen molar-refractivity contribution in [3.63, 3.8) is 0 Å². The number of carbonyl (C=O) groups excluding carboxylic acids is 3. The van der Waals surface area contributed by atoms with Gasteiger partial charge in [-0.2, -0.15) is 0 Å². The van der Waals surface area contributed by atoms with E-state index < -0.39 is 11.8 Å². The highest BCUT2D eigenvalue weighted by Gasteiger charge is 2.36. The topological polar surface area (TPSA) is 66.5 Å². The lowest BCUT2D eigenvalue weighted by atomic mass is 10.1. The molecule has 0 saturated heterocycles. The van der Waals surface area contributed by atoms with Crippen LogP contribution in [0.25, 0.3) is 0 Å². The predicted molar refractivity (Wildman–Crippen MR) is 74.3 cm³/mol. The Bertz CT molecular complexity index is 519. The second kappa shape index (κ2) is 5.86. The van der Waals surface area contributed by atoms with E-state index in [4.69, 9.17) is 0 Å². The molecule has 0 spiro atoms. The van der Waals surface area contributed by atoms with Gasteiger partial charge in [-0.15, -0.1) is 0 Å². The Kier molecular flexibility index (Phi) is 4.17. The smallest absolute Gasteiger partial charge is 0.262 e. The Balaban J connectivity index is 2.04. The van der Waals surface area contributed by atoms with E-state index in [9.17, 15) is 14.4 Å². The van der Waals surface area contributed by atoms with E-state index in [2.05, 4.69) is 5.32 Å². The molecule has 1 unspecified atom stereocenters. The van der Waals surface area contributed by atoms with Gasteiger partial charge < -0.3 is 5.32 Å². The highest BCUT2D eigenvalue weighted by atomic mass is 16.2. The number of rotatable bonds is 5. The van der Waals surface area contributed by atoms with Gasteiger partial charge in [0.25, 0.3) is 11.8 Å². The SMILES string of the molecule is CCCC(C)NC(=O)CN1C(=O)c2ccccc2C1=O. The summed E-state index contributed by atoms with van der Waals surface area (Å²) in [5.41, 5.74) is 0.735. The van der Waals surface area contributed by atoms with Crippen LogP contribution in [0.2, 0.25) is 0 Å². The van der Waals surface area contributed by atoms with Gasteiger partial charge in [-0.1, -0.05) is 25.5 Å².